The molecule has 0 bridgehead atoms. The first-order valence-corrected chi connectivity index (χ1v) is 17.0. The Balaban J connectivity index is 1.54. The van der Waals surface area contributed by atoms with Gasteiger partial charge in [0.2, 0.25) is 19.5 Å². The van der Waals surface area contributed by atoms with E-state index < -0.39 is 74.2 Å². The maximum atomic E-state index is 15.9. The van der Waals surface area contributed by atoms with E-state index in [0.29, 0.717) is 19.3 Å². The van der Waals surface area contributed by atoms with E-state index in [1.165, 1.54) is 39.8 Å². The van der Waals surface area contributed by atoms with Gasteiger partial charge in [0.05, 0.1) is 17.9 Å². The summed E-state index contributed by atoms with van der Waals surface area (Å²) in [5, 5.41) is 2.87. The molecule has 0 aliphatic carbocycles. The lowest BCUT2D eigenvalue weighted by Gasteiger charge is -2.34. The Morgan fingerprint density at radius 3 is 2.21 bits per heavy atom. The van der Waals surface area contributed by atoms with Crippen molar-refractivity contribution in [2.24, 2.45) is 11.8 Å². The van der Waals surface area contributed by atoms with Gasteiger partial charge in [0, 0.05) is 22.5 Å². The van der Waals surface area contributed by atoms with E-state index in [9.17, 15) is 28.5 Å². The van der Waals surface area contributed by atoms with Gasteiger partial charge in [-0.1, -0.05) is 46.6 Å². The van der Waals surface area contributed by atoms with Gasteiger partial charge in [-0.3, -0.25) is 32.8 Å². The highest BCUT2D eigenvalue weighted by Crippen LogP contribution is 2.67. The molecule has 258 valence electrons. The minimum atomic E-state index is -5.51. The Labute approximate surface area is 270 Å². The number of aromatic nitrogens is 1. The van der Waals surface area contributed by atoms with Crippen LogP contribution in [-0.4, -0.2) is 71.6 Å². The fraction of sp³-hybridized carbons (Fsp3) is 0.581. The second-order valence-corrected chi connectivity index (χ2v) is 14.3. The van der Waals surface area contributed by atoms with Crippen LogP contribution in [0.25, 0.3) is 10.9 Å². The van der Waals surface area contributed by atoms with Crippen LogP contribution in [0.3, 0.4) is 0 Å². The van der Waals surface area contributed by atoms with Gasteiger partial charge < -0.3 is 29.5 Å². The van der Waals surface area contributed by atoms with Crippen molar-refractivity contribution in [3.05, 3.63) is 35.5 Å². The first-order chi connectivity index (χ1) is 22.2. The van der Waals surface area contributed by atoms with Crippen LogP contribution < -0.4 is 5.32 Å². The van der Waals surface area contributed by atoms with E-state index in [4.69, 9.17) is 18.5 Å². The number of benzene rings is 1. The number of nitrogens with zero attached hydrogens (tertiary/aromatic N) is 1. The number of ether oxygens (including phenoxy) is 2. The summed E-state index contributed by atoms with van der Waals surface area (Å²) in [5.74, 6) is -3.81. The molecule has 13 nitrogen and oxygen atoms in total. The summed E-state index contributed by atoms with van der Waals surface area (Å²) in [7, 11) is -5.51. The van der Waals surface area contributed by atoms with Gasteiger partial charge in [0.1, 0.15) is 18.0 Å². The largest absolute Gasteiger partial charge is 0.438 e. The normalized spacial score (nSPS) is 20.6. The third-order valence-electron chi connectivity index (χ3n) is 8.19. The number of esters is 2. The summed E-state index contributed by atoms with van der Waals surface area (Å²) in [5.41, 5.74) is -4.88. The molecule has 1 unspecified atom stereocenters. The number of hydrogen-bond donors (Lipinski definition) is 2. The summed E-state index contributed by atoms with van der Waals surface area (Å²) >= 11 is 0. The van der Waals surface area contributed by atoms with E-state index in [2.05, 4.69) is 10.3 Å². The highest BCUT2D eigenvalue weighted by atomic mass is 31.2. The molecule has 47 heavy (non-hydrogen) atoms. The second-order valence-electron chi connectivity index (χ2n) is 12.2. The second kappa shape index (κ2) is 15.0. The van der Waals surface area contributed by atoms with Gasteiger partial charge in [-0.15, -0.1) is 0 Å². The predicted octanol–water partition coefficient (Wildman–Crippen LogP) is 4.99. The maximum absolute atomic E-state index is 15.9. The van der Waals surface area contributed by atoms with Crippen molar-refractivity contribution in [1.29, 1.82) is 0 Å². The number of fused-ring (bicyclic) bond motifs is 2. The van der Waals surface area contributed by atoms with Crippen molar-refractivity contribution in [1.82, 2.24) is 15.2 Å². The molecule has 3 heterocycles. The molecule has 2 saturated heterocycles. The zero-order chi connectivity index (χ0) is 34.5. The fourth-order valence-electron chi connectivity index (χ4n) is 5.51. The summed E-state index contributed by atoms with van der Waals surface area (Å²) in [6.45, 7) is 3.76. The summed E-state index contributed by atoms with van der Waals surface area (Å²) in [4.78, 5) is 66.3. The van der Waals surface area contributed by atoms with Crippen molar-refractivity contribution in [3.8, 4) is 0 Å². The molecular weight excluding hydrogens is 643 g/mol. The van der Waals surface area contributed by atoms with Crippen molar-refractivity contribution >= 4 is 48.5 Å². The van der Waals surface area contributed by atoms with E-state index >= 15 is 8.78 Å². The Kier molecular flexibility index (Phi) is 11.6. The van der Waals surface area contributed by atoms with Gasteiger partial charge in [-0.05, 0) is 43.9 Å². The third kappa shape index (κ3) is 8.07. The molecular formula is C31H40F2N3O10P. The van der Waals surface area contributed by atoms with Crippen molar-refractivity contribution in [2.75, 3.05) is 13.6 Å². The number of H-pyrrole nitrogens is 1. The van der Waals surface area contributed by atoms with Crippen LogP contribution in [-0.2, 0) is 47.9 Å². The standard InChI is InChI=1S/C31H40F2N3O10P/c1-18(2)29(40)43-16-45-47(42,46-17-44-30(41)19(3)4)31(32,33)21-9-12-24-20(13-21)14-26(34-24)27(38)35-25-8-6-5-7-22-10-11-23(15-37)36(22)28(25)39/h9,12-15,18-19,22-23,25,34H,5-8,10-11,16-17H2,1-4H3,(H,35,38)/t22?,23-,25-/m0/s1. The van der Waals surface area contributed by atoms with E-state index in [-0.39, 0.29) is 28.5 Å². The molecule has 0 spiro atoms. The third-order valence-corrected chi connectivity index (χ3v) is 10.0. The van der Waals surface area contributed by atoms with Crippen LogP contribution in [0.15, 0.2) is 24.3 Å². The number of amides is 2. The Hall–Kier alpha value is -3.68. The van der Waals surface area contributed by atoms with Crippen LogP contribution in [0, 0.1) is 11.8 Å². The molecule has 2 fully saturated rings. The van der Waals surface area contributed by atoms with Crippen molar-refractivity contribution in [2.45, 2.75) is 90.0 Å². The number of aldehydes is 1. The fourth-order valence-corrected chi connectivity index (χ4v) is 6.75. The van der Waals surface area contributed by atoms with Gasteiger partial charge in [-0.25, -0.2) is 0 Å². The smallest absolute Gasteiger partial charge is 0.410 e. The molecule has 1 aromatic heterocycles. The zero-order valence-electron chi connectivity index (χ0n) is 26.7. The molecule has 0 radical (unpaired) electrons. The number of halogens is 2. The van der Waals surface area contributed by atoms with Gasteiger partial charge in [-0.2, -0.15) is 8.78 Å². The highest BCUT2D eigenvalue weighted by molar-refractivity contribution is 7.54. The molecule has 3 atom stereocenters. The van der Waals surface area contributed by atoms with Crippen LogP contribution in [0.5, 0.6) is 0 Å². The van der Waals surface area contributed by atoms with Crippen LogP contribution in [0.4, 0.5) is 8.78 Å². The number of rotatable bonds is 13. The zero-order valence-corrected chi connectivity index (χ0v) is 27.6. The summed E-state index contributed by atoms with van der Waals surface area (Å²) < 4.78 is 64.5. The Morgan fingerprint density at radius 1 is 1.00 bits per heavy atom. The molecule has 2 aliphatic rings. The molecule has 16 heteroatoms. The molecule has 2 aromatic rings. The molecule has 1 aromatic carbocycles. The Morgan fingerprint density at radius 2 is 1.62 bits per heavy atom. The van der Waals surface area contributed by atoms with Crippen molar-refractivity contribution < 1.29 is 55.8 Å². The van der Waals surface area contributed by atoms with Crippen molar-refractivity contribution in [3.63, 3.8) is 0 Å². The van der Waals surface area contributed by atoms with Gasteiger partial charge in [0.15, 0.2) is 0 Å². The van der Waals surface area contributed by atoms with E-state index in [1.54, 1.807) is 4.90 Å². The summed E-state index contributed by atoms with van der Waals surface area (Å²) in [6, 6.07) is 3.00. The van der Waals surface area contributed by atoms with E-state index in [0.717, 1.165) is 37.7 Å². The highest BCUT2D eigenvalue weighted by Gasteiger charge is 2.56. The molecule has 2 N–H and O–H groups in total. The number of alkyl halides is 2. The first kappa shape index (κ1) is 36.2. The van der Waals surface area contributed by atoms with Crippen LogP contribution >= 0.6 is 7.60 Å². The number of hydrogen-bond acceptors (Lipinski definition) is 10. The van der Waals surface area contributed by atoms with Gasteiger partial charge >= 0.3 is 25.2 Å². The minimum Gasteiger partial charge on any atom is -0.438 e. The average molecular weight is 684 g/mol. The number of nitrogens with one attached hydrogen (secondary N) is 2. The summed E-state index contributed by atoms with van der Waals surface area (Å²) in [6.07, 6.45) is 4.77. The van der Waals surface area contributed by atoms with Gasteiger partial charge in [0.25, 0.3) is 5.91 Å². The number of carbonyl (C=O) groups excluding carboxylic acids is 5. The lowest BCUT2D eigenvalue weighted by atomic mass is 9.99. The average Bonchev–Trinajstić information content (AvgIpc) is 3.64. The van der Waals surface area contributed by atoms with E-state index in [1.807, 2.05) is 0 Å². The predicted molar refractivity (Wildman–Crippen MR) is 163 cm³/mol. The molecule has 2 amide bonds. The van der Waals surface area contributed by atoms with Crippen LogP contribution in [0.2, 0.25) is 0 Å². The lowest BCUT2D eigenvalue weighted by molar-refractivity contribution is -0.157. The monoisotopic (exact) mass is 683 g/mol. The van der Waals surface area contributed by atoms with Crippen LogP contribution in [0.1, 0.15) is 82.3 Å². The maximum Gasteiger partial charge on any atom is 0.410 e. The minimum absolute atomic E-state index is 0.0166. The molecule has 4 rings (SSSR count). The number of aromatic amines is 1. The molecule has 2 aliphatic heterocycles. The quantitative estimate of drug-likeness (QED) is 0.127. The lowest BCUT2D eigenvalue weighted by Crippen LogP contribution is -2.53. The molecule has 0 saturated carbocycles. The first-order valence-electron chi connectivity index (χ1n) is 15.5. The topological polar surface area (TPSA) is 170 Å². The Bertz CT molecular complexity index is 1510. The number of carbonyl (C=O) groups is 5. The SMILES string of the molecule is CC(C)C(=O)OCOP(=O)(OCOC(=O)C(C)C)C(F)(F)c1ccc2[nH]c(C(=O)N[C@H]3CCCCC4CC[C@@H](C=O)N4C3=O)cc2c1.